The minimum absolute atomic E-state index is 0.0874. The van der Waals surface area contributed by atoms with Crippen molar-refractivity contribution in [2.24, 2.45) is 0 Å². The summed E-state index contributed by atoms with van der Waals surface area (Å²) >= 11 is 24.2. The highest BCUT2D eigenvalue weighted by atomic mass is 127. The molecule has 0 saturated carbocycles. The lowest BCUT2D eigenvalue weighted by Crippen LogP contribution is -2.12. The Kier molecular flexibility index (Phi) is 12.6. The fraction of sp³-hybridized carbons (Fsp3) is 0. The van der Waals surface area contributed by atoms with Gasteiger partial charge in [-0.05, 0) is 177 Å². The van der Waals surface area contributed by atoms with Crippen LogP contribution in [0.3, 0.4) is 0 Å². The Morgan fingerprint density at radius 1 is 0.743 bits per heavy atom. The number of nitrogen functional groups attached to an aromatic ring is 1. The number of rotatable bonds is 1. The van der Waals surface area contributed by atoms with E-state index >= 15 is 0 Å². The summed E-state index contributed by atoms with van der Waals surface area (Å²) in [5.74, 6) is -2.12. The lowest BCUT2D eigenvalue weighted by Gasteiger charge is -2.04. The molecule has 0 aliphatic carbocycles. The van der Waals surface area contributed by atoms with Crippen LogP contribution in [0.1, 0.15) is 20.7 Å². The number of amides is 1. The maximum Gasteiger partial charge on any atom is 0.338 e. The third kappa shape index (κ3) is 7.95. The van der Waals surface area contributed by atoms with Gasteiger partial charge in [0, 0.05) is 34.0 Å². The first-order chi connectivity index (χ1) is 16.3. The van der Waals surface area contributed by atoms with Gasteiger partial charge in [0.05, 0.1) is 22.5 Å². The van der Waals surface area contributed by atoms with E-state index in [1.807, 2.05) is 12.1 Å². The number of hydrogen-bond donors (Lipinski definition) is 3. The van der Waals surface area contributed by atoms with Crippen molar-refractivity contribution in [3.05, 3.63) is 81.5 Å². The van der Waals surface area contributed by atoms with Crippen LogP contribution in [0.2, 0.25) is 0 Å². The number of aromatic carboxylic acids is 1. The Balaban J connectivity index is 0.000000187. The second-order valence-electron chi connectivity index (χ2n) is 6.34. The van der Waals surface area contributed by atoms with Crippen LogP contribution in [0, 0.1) is 7.14 Å². The Morgan fingerprint density at radius 3 is 1.63 bits per heavy atom. The van der Waals surface area contributed by atoms with Crippen LogP contribution >= 0.6 is 141 Å². The minimum Gasteiger partial charge on any atom is -0.478 e. The highest BCUT2D eigenvalue weighted by Crippen LogP contribution is 2.36. The predicted octanol–water partition coefficient (Wildman–Crippen LogP) is 9.26. The smallest absolute Gasteiger partial charge is 0.338 e. The topological polar surface area (TPSA) is 109 Å². The van der Waals surface area contributed by atoms with Crippen LogP contribution < -0.4 is 11.1 Å². The molecule has 0 spiro atoms. The van der Waals surface area contributed by atoms with E-state index in [4.69, 9.17) is 10.8 Å². The van der Waals surface area contributed by atoms with Crippen LogP contribution in [0.4, 0.5) is 11.4 Å². The van der Waals surface area contributed by atoms with Crippen molar-refractivity contribution in [1.82, 2.24) is 0 Å². The first kappa shape index (κ1) is 31.6. The van der Waals surface area contributed by atoms with Gasteiger partial charge in [0.1, 0.15) is 0 Å². The number of ketones is 1. The molecule has 1 amide bonds. The molecule has 14 heteroatoms. The monoisotopic (exact) mass is 1080 g/mol. The summed E-state index contributed by atoms with van der Waals surface area (Å²) in [5, 5.41) is 11.2. The zero-order valence-corrected chi connectivity index (χ0v) is 30.6. The number of carboxylic acid groups (broad SMARTS) is 1. The summed E-state index contributed by atoms with van der Waals surface area (Å²) < 4.78 is 7.24. The van der Waals surface area contributed by atoms with Crippen LogP contribution in [-0.4, -0.2) is 22.8 Å². The van der Waals surface area contributed by atoms with E-state index in [1.54, 1.807) is 24.3 Å². The van der Waals surface area contributed by atoms with Gasteiger partial charge in [0.2, 0.25) is 0 Å². The normalized spacial score (nSPS) is 11.5. The molecule has 0 bridgehead atoms. The molecule has 0 atom stereocenters. The fourth-order valence-electron chi connectivity index (χ4n) is 2.47. The van der Waals surface area contributed by atoms with Gasteiger partial charge >= 0.3 is 5.97 Å². The summed E-state index contributed by atoms with van der Waals surface area (Å²) in [6.07, 6.45) is 0. The third-order valence-corrected chi connectivity index (χ3v) is 12.9. The lowest BCUT2D eigenvalue weighted by atomic mass is 10.1. The number of Topliss-reactive ketones (excluding diaryl/α,β-unsaturated/α-hetero) is 1. The summed E-state index contributed by atoms with van der Waals surface area (Å²) in [4.78, 5) is 33.0. The Labute approximate surface area is 278 Å². The predicted molar refractivity (Wildman–Crippen MR) is 175 cm³/mol. The van der Waals surface area contributed by atoms with Gasteiger partial charge in [-0.3, -0.25) is 9.59 Å². The number of anilines is 2. The number of fused-ring (bicyclic) bond motifs is 1. The molecule has 1 heterocycles. The van der Waals surface area contributed by atoms with Crippen molar-refractivity contribution in [3.63, 3.8) is 0 Å². The van der Waals surface area contributed by atoms with Gasteiger partial charge in [-0.25, -0.2) is 4.79 Å². The van der Waals surface area contributed by atoms with Gasteiger partial charge in [-0.1, -0.05) is 0 Å². The first-order valence-corrected chi connectivity index (χ1v) is 15.8. The van der Waals surface area contributed by atoms with Gasteiger partial charge < -0.3 is 16.2 Å². The molecule has 4 rings (SSSR count). The quantitative estimate of drug-likeness (QED) is 0.0741. The largest absolute Gasteiger partial charge is 0.478 e. The molecule has 0 saturated heterocycles. The maximum atomic E-state index is 11.3. The first-order valence-electron chi connectivity index (χ1n) is 8.87. The maximum absolute atomic E-state index is 11.3. The van der Waals surface area contributed by atoms with Crippen molar-refractivity contribution >= 4 is 170 Å². The van der Waals surface area contributed by atoms with Crippen molar-refractivity contribution in [1.29, 1.82) is 0 Å². The number of carbonyl (C=O) groups is 3. The molecule has 6 nitrogen and oxygen atoms in total. The number of nitrogens with two attached hydrogens (primary N) is 1. The third-order valence-electron chi connectivity index (χ3n) is 4.12. The summed E-state index contributed by atoms with van der Waals surface area (Å²) in [6.45, 7) is 0. The number of carboxylic acids is 1. The highest BCUT2D eigenvalue weighted by Gasteiger charge is 2.31. The van der Waals surface area contributed by atoms with E-state index in [1.165, 1.54) is 7.14 Å². The summed E-state index contributed by atoms with van der Waals surface area (Å²) in [6, 6.07) is 10.9. The van der Waals surface area contributed by atoms with Crippen molar-refractivity contribution in [3.8, 4) is 0 Å². The van der Waals surface area contributed by atoms with Gasteiger partial charge in [-0.2, -0.15) is 0 Å². The van der Waals surface area contributed by atoms with Gasteiger partial charge in [0.15, 0.2) is 0 Å². The zero-order chi connectivity index (χ0) is 26.6. The standard InChI is InChI=1S/C8H3Br2NO2.C7H5Br2NO2.C6H2Br2I2/c9-3-1-2-4(10)6-5(3)7(12)8(13)11-6;8-3-1-2-4(9)6(10)5(3)7(11)12;7-3-1-2-4(8)6(10)5(3)9/h1-2H,(H,11,12,13);1-2H,10H2,(H,11,12);1-2H. The van der Waals surface area contributed by atoms with E-state index in [-0.39, 0.29) is 11.3 Å². The molecule has 3 aromatic carbocycles. The van der Waals surface area contributed by atoms with Crippen LogP contribution in [0.25, 0.3) is 0 Å². The van der Waals surface area contributed by atoms with E-state index in [2.05, 4.69) is 146 Å². The molecule has 1 aliphatic rings. The Hall–Kier alpha value is 0.410. The number of carbonyl (C=O) groups excluding carboxylic acids is 2. The van der Waals surface area contributed by atoms with E-state index < -0.39 is 17.7 Å². The van der Waals surface area contributed by atoms with Crippen molar-refractivity contribution < 1.29 is 19.5 Å². The lowest BCUT2D eigenvalue weighted by molar-refractivity contribution is -0.112. The molecule has 1 aliphatic heterocycles. The van der Waals surface area contributed by atoms with E-state index in [0.29, 0.717) is 29.1 Å². The molecule has 0 aromatic heterocycles. The molecule has 4 N–H and O–H groups in total. The average Bonchev–Trinajstić information content (AvgIpc) is 3.11. The van der Waals surface area contributed by atoms with E-state index in [9.17, 15) is 14.4 Å². The fourth-order valence-corrected chi connectivity index (χ4v) is 6.60. The molecule has 3 aromatic rings. The van der Waals surface area contributed by atoms with Crippen LogP contribution in [0.5, 0.6) is 0 Å². The number of nitrogens with one attached hydrogen (secondary N) is 1. The second kappa shape index (κ2) is 14.0. The molecule has 0 unspecified atom stereocenters. The minimum atomic E-state index is -1.04. The van der Waals surface area contributed by atoms with Crippen molar-refractivity contribution in [2.45, 2.75) is 0 Å². The molecule has 184 valence electrons. The van der Waals surface area contributed by atoms with Gasteiger partial charge in [-0.15, -0.1) is 0 Å². The van der Waals surface area contributed by atoms with E-state index in [0.717, 1.165) is 8.95 Å². The Bertz CT molecular complexity index is 1330. The number of benzene rings is 3. The second-order valence-corrected chi connectivity index (χ2v) is 13.6. The summed E-state index contributed by atoms with van der Waals surface area (Å²) in [7, 11) is 0. The molecular formula is C21H10Br6I2N2O4. The van der Waals surface area contributed by atoms with Crippen LogP contribution in [0.15, 0.2) is 63.2 Å². The molecule has 0 fully saturated rings. The summed E-state index contributed by atoms with van der Waals surface area (Å²) in [5.41, 5.74) is 6.80. The van der Waals surface area contributed by atoms with Gasteiger partial charge in [0.25, 0.3) is 11.7 Å². The molecular weight excluding hydrogens is 1080 g/mol. The van der Waals surface area contributed by atoms with Crippen LogP contribution in [-0.2, 0) is 4.79 Å². The Morgan fingerprint density at radius 2 is 1.17 bits per heavy atom. The SMILES string of the molecule is Brc1ccc(Br)c(I)c1I.Nc1c(Br)ccc(Br)c1C(=O)O.O=C1Nc2c(Br)ccc(Br)c2C1=O. The number of hydrogen-bond acceptors (Lipinski definition) is 4. The van der Waals surface area contributed by atoms with Crippen molar-refractivity contribution in [2.75, 3.05) is 11.1 Å². The molecule has 35 heavy (non-hydrogen) atoms. The number of halogens is 8. The zero-order valence-electron chi connectivity index (χ0n) is 16.7. The highest BCUT2D eigenvalue weighted by molar-refractivity contribution is 14.1. The molecule has 0 radical (unpaired) electrons. The average molecular weight is 1090 g/mol.